The first-order chi connectivity index (χ1) is 5.06. The van der Waals surface area contributed by atoms with Gasteiger partial charge in [0.2, 0.25) is 0 Å². The third-order valence-electron chi connectivity index (χ3n) is 0.900. The zero-order valence-corrected chi connectivity index (χ0v) is 8.61. The molecule has 0 fully saturated rings. The molecule has 0 aliphatic rings. The van der Waals surface area contributed by atoms with Gasteiger partial charge in [0.05, 0.1) is 6.61 Å². The van der Waals surface area contributed by atoms with Gasteiger partial charge in [-0.1, -0.05) is 25.6 Å². The molecule has 0 amide bonds. The fourth-order valence-electron chi connectivity index (χ4n) is 0.508. The van der Waals surface area contributed by atoms with Crippen LogP contribution in [0.1, 0.15) is 0 Å². The Morgan fingerprint density at radius 1 is 1.36 bits per heavy atom. The molecule has 11 heavy (non-hydrogen) atoms. The molecular formula is C8H17NOSi. The van der Waals surface area contributed by atoms with Crippen LogP contribution in [0.25, 0.3) is 0 Å². The summed E-state index contributed by atoms with van der Waals surface area (Å²) >= 11 is 0. The Morgan fingerprint density at radius 3 is 2.45 bits per heavy atom. The molecule has 0 saturated heterocycles. The van der Waals surface area contributed by atoms with Crippen molar-refractivity contribution in [2.24, 2.45) is 5.73 Å². The molecule has 0 spiro atoms. The molecule has 0 bridgehead atoms. The summed E-state index contributed by atoms with van der Waals surface area (Å²) < 4.78 is 5.10. The average molecular weight is 171 g/mol. The van der Waals surface area contributed by atoms with E-state index in [-0.39, 0.29) is 0 Å². The summed E-state index contributed by atoms with van der Waals surface area (Å²) in [5.74, 6) is 2.99. The van der Waals surface area contributed by atoms with Crippen LogP contribution in [0, 0.1) is 11.5 Å². The lowest BCUT2D eigenvalue weighted by Crippen LogP contribution is -2.17. The van der Waals surface area contributed by atoms with E-state index in [4.69, 9.17) is 10.5 Å². The van der Waals surface area contributed by atoms with E-state index >= 15 is 0 Å². The van der Waals surface area contributed by atoms with Crippen LogP contribution in [0.4, 0.5) is 0 Å². The van der Waals surface area contributed by atoms with Gasteiger partial charge < -0.3 is 10.5 Å². The summed E-state index contributed by atoms with van der Waals surface area (Å²) in [5, 5.41) is 0. The summed E-state index contributed by atoms with van der Waals surface area (Å²) in [7, 11) is -1.19. The predicted octanol–water partition coefficient (Wildman–Crippen LogP) is 0.843. The maximum Gasteiger partial charge on any atom is 0.129 e. The summed E-state index contributed by atoms with van der Waals surface area (Å²) in [6, 6.07) is 0. The highest BCUT2D eigenvalue weighted by molar-refractivity contribution is 6.83. The van der Waals surface area contributed by atoms with E-state index in [1.807, 2.05) is 0 Å². The standard InChI is InChI=1S/C8H17NOSi/c1-11(2,3)8-4-6-10-7-5-9/h5-7,9H2,1-3H3. The van der Waals surface area contributed by atoms with E-state index in [1.54, 1.807) is 0 Å². The Morgan fingerprint density at radius 2 is 2.00 bits per heavy atom. The molecular weight excluding hydrogens is 154 g/mol. The SMILES string of the molecule is C[Si](C)(C)C#CCOCCN. The van der Waals surface area contributed by atoms with E-state index in [2.05, 4.69) is 31.1 Å². The molecule has 64 valence electrons. The maximum atomic E-state index is 5.23. The van der Waals surface area contributed by atoms with Crippen molar-refractivity contribution in [3.63, 3.8) is 0 Å². The van der Waals surface area contributed by atoms with Gasteiger partial charge in [0.15, 0.2) is 0 Å². The predicted molar refractivity (Wildman–Crippen MR) is 51.0 cm³/mol. The second-order valence-corrected chi connectivity index (χ2v) is 8.14. The van der Waals surface area contributed by atoms with E-state index in [9.17, 15) is 0 Å². The van der Waals surface area contributed by atoms with Gasteiger partial charge in [0.1, 0.15) is 14.7 Å². The van der Waals surface area contributed by atoms with Crippen molar-refractivity contribution in [3.8, 4) is 11.5 Å². The van der Waals surface area contributed by atoms with Crippen molar-refractivity contribution < 1.29 is 4.74 Å². The largest absolute Gasteiger partial charge is 0.367 e. The van der Waals surface area contributed by atoms with Gasteiger partial charge in [-0.15, -0.1) is 5.54 Å². The summed E-state index contributed by atoms with van der Waals surface area (Å²) in [5.41, 5.74) is 8.44. The number of hydrogen-bond donors (Lipinski definition) is 1. The van der Waals surface area contributed by atoms with E-state index in [1.165, 1.54) is 0 Å². The van der Waals surface area contributed by atoms with Crippen LogP contribution >= 0.6 is 0 Å². The van der Waals surface area contributed by atoms with Crippen LogP contribution in [0.15, 0.2) is 0 Å². The molecule has 0 radical (unpaired) electrons. The van der Waals surface area contributed by atoms with Gasteiger partial charge in [-0.25, -0.2) is 0 Å². The molecule has 0 aromatic heterocycles. The first kappa shape index (κ1) is 10.7. The highest BCUT2D eigenvalue weighted by atomic mass is 28.3. The van der Waals surface area contributed by atoms with Crippen molar-refractivity contribution in [3.05, 3.63) is 0 Å². The lowest BCUT2D eigenvalue weighted by Gasteiger charge is -2.03. The van der Waals surface area contributed by atoms with Crippen LogP contribution in [0.5, 0.6) is 0 Å². The molecule has 0 aromatic rings. The Labute approximate surface area is 70.1 Å². The molecule has 0 atom stereocenters. The van der Waals surface area contributed by atoms with Crippen molar-refractivity contribution in [2.45, 2.75) is 19.6 Å². The van der Waals surface area contributed by atoms with Gasteiger partial charge in [-0.3, -0.25) is 0 Å². The van der Waals surface area contributed by atoms with E-state index < -0.39 is 8.07 Å². The van der Waals surface area contributed by atoms with Crippen molar-refractivity contribution in [2.75, 3.05) is 19.8 Å². The fourth-order valence-corrected chi connectivity index (χ4v) is 1.11. The topological polar surface area (TPSA) is 35.2 Å². The van der Waals surface area contributed by atoms with Crippen molar-refractivity contribution >= 4 is 8.07 Å². The quantitative estimate of drug-likeness (QED) is 0.388. The second kappa shape index (κ2) is 5.36. The van der Waals surface area contributed by atoms with Crippen LogP contribution in [0.3, 0.4) is 0 Å². The van der Waals surface area contributed by atoms with Crippen molar-refractivity contribution in [1.29, 1.82) is 0 Å². The van der Waals surface area contributed by atoms with Crippen LogP contribution < -0.4 is 5.73 Å². The highest BCUT2D eigenvalue weighted by Crippen LogP contribution is 1.95. The molecule has 0 aliphatic carbocycles. The number of rotatable bonds is 3. The zero-order chi connectivity index (χ0) is 8.74. The average Bonchev–Trinajstić information content (AvgIpc) is 1.85. The van der Waals surface area contributed by atoms with Crippen molar-refractivity contribution in [1.82, 2.24) is 0 Å². The third-order valence-corrected chi connectivity index (χ3v) is 1.83. The van der Waals surface area contributed by atoms with Gasteiger partial charge >= 0.3 is 0 Å². The zero-order valence-electron chi connectivity index (χ0n) is 7.61. The van der Waals surface area contributed by atoms with E-state index in [0.29, 0.717) is 19.8 Å². The molecule has 2 nitrogen and oxygen atoms in total. The Kier molecular flexibility index (Phi) is 5.21. The molecule has 2 N–H and O–H groups in total. The van der Waals surface area contributed by atoms with Gasteiger partial charge in [0.25, 0.3) is 0 Å². The highest BCUT2D eigenvalue weighted by Gasteiger charge is 2.06. The fraction of sp³-hybridized carbons (Fsp3) is 0.750. The molecule has 0 saturated carbocycles. The maximum absolute atomic E-state index is 5.23. The lowest BCUT2D eigenvalue weighted by atomic mass is 10.7. The molecule has 0 rings (SSSR count). The normalized spacial score (nSPS) is 10.5. The minimum atomic E-state index is -1.19. The number of hydrogen-bond acceptors (Lipinski definition) is 2. The summed E-state index contributed by atoms with van der Waals surface area (Å²) in [6.07, 6.45) is 0. The smallest absolute Gasteiger partial charge is 0.129 e. The molecule has 3 heteroatoms. The van der Waals surface area contributed by atoms with Gasteiger partial charge in [0, 0.05) is 6.54 Å². The Bertz CT molecular complexity index is 152. The lowest BCUT2D eigenvalue weighted by molar-refractivity contribution is 0.175. The third kappa shape index (κ3) is 9.70. The number of nitrogens with two attached hydrogens (primary N) is 1. The monoisotopic (exact) mass is 171 g/mol. The first-order valence-corrected chi connectivity index (χ1v) is 7.34. The second-order valence-electron chi connectivity index (χ2n) is 3.39. The van der Waals surface area contributed by atoms with Crippen LogP contribution in [0.2, 0.25) is 19.6 Å². The van der Waals surface area contributed by atoms with Gasteiger partial charge in [-0.2, -0.15) is 0 Å². The minimum Gasteiger partial charge on any atom is -0.367 e. The first-order valence-electron chi connectivity index (χ1n) is 3.84. The van der Waals surface area contributed by atoms with Crippen LogP contribution in [-0.2, 0) is 4.74 Å². The van der Waals surface area contributed by atoms with Crippen LogP contribution in [-0.4, -0.2) is 27.8 Å². The van der Waals surface area contributed by atoms with Gasteiger partial charge in [-0.05, 0) is 0 Å². The minimum absolute atomic E-state index is 0.529. The molecule has 0 heterocycles. The Hall–Kier alpha value is -0.303. The molecule has 0 aliphatic heterocycles. The molecule has 0 unspecified atom stereocenters. The molecule has 0 aromatic carbocycles. The summed E-state index contributed by atoms with van der Waals surface area (Å²) in [4.78, 5) is 0. The summed E-state index contributed by atoms with van der Waals surface area (Å²) in [6.45, 7) is 8.35. The van der Waals surface area contributed by atoms with E-state index in [0.717, 1.165) is 0 Å². The number of ether oxygens (including phenoxy) is 1. The Balaban J connectivity index is 3.41.